The highest BCUT2D eigenvalue weighted by molar-refractivity contribution is 6.34. The van der Waals surface area contributed by atoms with Gasteiger partial charge in [0.1, 0.15) is 17.2 Å². The van der Waals surface area contributed by atoms with Crippen LogP contribution in [0.3, 0.4) is 0 Å². The number of ether oxygens (including phenoxy) is 1. The number of amides is 1. The third-order valence-corrected chi connectivity index (χ3v) is 4.20. The summed E-state index contributed by atoms with van der Waals surface area (Å²) in [5.74, 6) is 0.227. The molecule has 2 aromatic carbocycles. The van der Waals surface area contributed by atoms with E-state index in [2.05, 4.69) is 10.4 Å². The van der Waals surface area contributed by atoms with Gasteiger partial charge in [0.15, 0.2) is 0 Å². The number of non-ortho nitro benzene ring substituents is 1. The zero-order chi connectivity index (χ0) is 20.3. The lowest BCUT2D eigenvalue weighted by molar-refractivity contribution is -0.384. The zero-order valence-electron chi connectivity index (χ0n) is 15.2. The average Bonchev–Trinajstić information content (AvgIpc) is 3.04. The first-order valence-electron chi connectivity index (χ1n) is 8.44. The highest BCUT2D eigenvalue weighted by Gasteiger charge is 2.19. The van der Waals surface area contributed by atoms with Crippen molar-refractivity contribution >= 4 is 28.9 Å². The summed E-state index contributed by atoms with van der Waals surface area (Å²) in [6.45, 7) is 4.21. The lowest BCUT2D eigenvalue weighted by Gasteiger charge is -2.10. The van der Waals surface area contributed by atoms with Gasteiger partial charge in [0.2, 0.25) is 0 Å². The number of rotatable bonds is 6. The zero-order valence-corrected chi connectivity index (χ0v) is 15.9. The van der Waals surface area contributed by atoms with Gasteiger partial charge in [0.25, 0.3) is 11.6 Å². The molecule has 0 atom stereocenters. The number of aromatic nitrogens is 2. The third-order valence-electron chi connectivity index (χ3n) is 3.93. The molecule has 3 aromatic rings. The van der Waals surface area contributed by atoms with Gasteiger partial charge >= 0.3 is 0 Å². The van der Waals surface area contributed by atoms with Gasteiger partial charge in [0, 0.05) is 18.7 Å². The Kier molecular flexibility index (Phi) is 5.60. The molecule has 1 amide bonds. The van der Waals surface area contributed by atoms with E-state index in [1.165, 1.54) is 29.1 Å². The summed E-state index contributed by atoms with van der Waals surface area (Å²) in [5, 5.41) is 18.1. The van der Waals surface area contributed by atoms with Crippen molar-refractivity contribution in [2.75, 3.05) is 5.32 Å². The van der Waals surface area contributed by atoms with Crippen LogP contribution in [0.4, 0.5) is 11.4 Å². The van der Waals surface area contributed by atoms with Gasteiger partial charge in [0.05, 0.1) is 27.9 Å². The molecule has 9 heteroatoms. The van der Waals surface area contributed by atoms with Gasteiger partial charge in [-0.25, -0.2) is 0 Å². The van der Waals surface area contributed by atoms with Gasteiger partial charge in [-0.1, -0.05) is 29.3 Å². The van der Waals surface area contributed by atoms with Crippen molar-refractivity contribution in [1.82, 2.24) is 9.78 Å². The number of carbonyl (C=O) groups is 1. The largest absolute Gasteiger partial charge is 0.457 e. The Balaban J connectivity index is 1.90. The Hall–Kier alpha value is -3.39. The summed E-state index contributed by atoms with van der Waals surface area (Å²) < 4.78 is 7.15. The summed E-state index contributed by atoms with van der Waals surface area (Å²) in [6, 6.07) is 11.3. The second-order valence-electron chi connectivity index (χ2n) is 6.00. The molecule has 0 fully saturated rings. The molecule has 0 saturated carbocycles. The van der Waals surface area contributed by atoms with Crippen LogP contribution in [-0.2, 0) is 6.54 Å². The van der Waals surface area contributed by atoms with Gasteiger partial charge in [-0.2, -0.15) is 5.10 Å². The van der Waals surface area contributed by atoms with E-state index in [1.54, 1.807) is 12.1 Å². The van der Waals surface area contributed by atoms with Crippen molar-refractivity contribution in [2.45, 2.75) is 20.4 Å². The van der Waals surface area contributed by atoms with Crippen LogP contribution in [-0.4, -0.2) is 20.6 Å². The average molecular weight is 401 g/mol. The Bertz CT molecular complexity index is 1030. The molecule has 28 heavy (non-hydrogen) atoms. The molecular formula is C19H17ClN4O4. The lowest BCUT2D eigenvalue weighted by atomic mass is 10.2. The summed E-state index contributed by atoms with van der Waals surface area (Å²) in [5.41, 5.74) is 1.23. The monoisotopic (exact) mass is 400 g/mol. The van der Waals surface area contributed by atoms with E-state index in [4.69, 9.17) is 16.3 Å². The van der Waals surface area contributed by atoms with Crippen LogP contribution in [0, 0.1) is 17.0 Å². The molecule has 0 unspecified atom stereocenters. The third kappa shape index (κ3) is 4.29. The quantitative estimate of drug-likeness (QED) is 0.472. The minimum Gasteiger partial charge on any atom is -0.457 e. The normalized spacial score (nSPS) is 10.5. The van der Waals surface area contributed by atoms with Crippen LogP contribution < -0.4 is 10.1 Å². The van der Waals surface area contributed by atoms with Gasteiger partial charge in [-0.3, -0.25) is 19.6 Å². The molecule has 1 aromatic heterocycles. The molecule has 0 aliphatic rings. The summed E-state index contributed by atoms with van der Waals surface area (Å²) in [4.78, 5) is 23.3. The van der Waals surface area contributed by atoms with Crippen LogP contribution in [0.25, 0.3) is 0 Å². The van der Waals surface area contributed by atoms with Crippen molar-refractivity contribution in [3.63, 3.8) is 0 Å². The standard InChI is InChI=1S/C19H17ClN4O4/c1-3-23-18(17(20)11-21-23)19(25)22-13-8-14(24(26)27)10-16(9-13)28-15-6-4-12(2)5-7-15/h4-11H,3H2,1-2H3,(H,22,25). The molecule has 1 heterocycles. The van der Waals surface area contributed by atoms with Crippen LogP contribution in [0.1, 0.15) is 23.0 Å². The van der Waals surface area contributed by atoms with Gasteiger partial charge in [-0.05, 0) is 26.0 Å². The maximum Gasteiger partial charge on any atom is 0.275 e. The number of aryl methyl sites for hydroxylation is 2. The van der Waals surface area contributed by atoms with Crippen molar-refractivity contribution in [1.29, 1.82) is 0 Å². The van der Waals surface area contributed by atoms with E-state index in [0.717, 1.165) is 5.56 Å². The number of benzene rings is 2. The SMILES string of the molecule is CCn1ncc(Cl)c1C(=O)Nc1cc(Oc2ccc(C)cc2)cc([N+](=O)[O-])c1. The Morgan fingerprint density at radius 3 is 2.61 bits per heavy atom. The minimum atomic E-state index is -0.555. The highest BCUT2D eigenvalue weighted by atomic mass is 35.5. The maximum absolute atomic E-state index is 12.6. The number of carbonyl (C=O) groups excluding carboxylic acids is 1. The van der Waals surface area contributed by atoms with Gasteiger partial charge in [-0.15, -0.1) is 0 Å². The first-order chi connectivity index (χ1) is 13.4. The Morgan fingerprint density at radius 2 is 1.96 bits per heavy atom. The molecule has 1 N–H and O–H groups in total. The number of nitro benzene ring substituents is 1. The Labute approximate surface area is 165 Å². The summed E-state index contributed by atoms with van der Waals surface area (Å²) in [7, 11) is 0. The molecule has 0 radical (unpaired) electrons. The summed E-state index contributed by atoms with van der Waals surface area (Å²) >= 11 is 6.04. The lowest BCUT2D eigenvalue weighted by Crippen LogP contribution is -2.18. The highest BCUT2D eigenvalue weighted by Crippen LogP contribution is 2.30. The molecular weight excluding hydrogens is 384 g/mol. The number of nitrogens with one attached hydrogen (secondary N) is 1. The number of nitrogens with zero attached hydrogens (tertiary/aromatic N) is 3. The van der Waals surface area contributed by atoms with E-state index in [1.807, 2.05) is 26.0 Å². The minimum absolute atomic E-state index is 0.177. The topological polar surface area (TPSA) is 99.3 Å². The summed E-state index contributed by atoms with van der Waals surface area (Å²) in [6.07, 6.45) is 1.37. The Morgan fingerprint density at radius 1 is 1.25 bits per heavy atom. The van der Waals surface area contributed by atoms with Crippen molar-refractivity contribution in [2.24, 2.45) is 0 Å². The molecule has 0 bridgehead atoms. The van der Waals surface area contributed by atoms with E-state index in [0.29, 0.717) is 12.3 Å². The predicted molar refractivity (Wildman–Crippen MR) is 105 cm³/mol. The number of nitro groups is 1. The number of halogens is 1. The van der Waals surface area contributed by atoms with Crippen molar-refractivity contribution in [3.05, 3.63) is 75.1 Å². The van der Waals surface area contributed by atoms with Crippen LogP contribution in [0.2, 0.25) is 5.02 Å². The van der Waals surface area contributed by atoms with Crippen LogP contribution in [0.5, 0.6) is 11.5 Å². The number of anilines is 1. The van der Waals surface area contributed by atoms with E-state index < -0.39 is 10.8 Å². The molecule has 3 rings (SSSR count). The fourth-order valence-electron chi connectivity index (χ4n) is 2.58. The fourth-order valence-corrected chi connectivity index (χ4v) is 2.81. The predicted octanol–water partition coefficient (Wildman–Crippen LogP) is 4.82. The molecule has 8 nitrogen and oxygen atoms in total. The van der Waals surface area contributed by atoms with Crippen molar-refractivity contribution < 1.29 is 14.5 Å². The van der Waals surface area contributed by atoms with E-state index in [9.17, 15) is 14.9 Å². The number of hydrogen-bond donors (Lipinski definition) is 1. The van der Waals surface area contributed by atoms with Gasteiger partial charge < -0.3 is 10.1 Å². The fraction of sp³-hybridized carbons (Fsp3) is 0.158. The second-order valence-corrected chi connectivity index (χ2v) is 6.41. The maximum atomic E-state index is 12.6. The molecule has 0 aliphatic heterocycles. The molecule has 0 spiro atoms. The molecule has 0 aliphatic carbocycles. The molecule has 144 valence electrons. The second kappa shape index (κ2) is 8.10. The molecule has 0 saturated heterocycles. The van der Waals surface area contributed by atoms with Crippen LogP contribution in [0.15, 0.2) is 48.7 Å². The van der Waals surface area contributed by atoms with Crippen molar-refractivity contribution in [3.8, 4) is 11.5 Å². The number of hydrogen-bond acceptors (Lipinski definition) is 5. The first kappa shape index (κ1) is 19.4. The van der Waals surface area contributed by atoms with E-state index in [-0.39, 0.29) is 27.8 Å². The van der Waals surface area contributed by atoms with E-state index >= 15 is 0 Å². The van der Waals surface area contributed by atoms with Crippen LogP contribution >= 0.6 is 11.6 Å². The first-order valence-corrected chi connectivity index (χ1v) is 8.82. The smallest absolute Gasteiger partial charge is 0.275 e.